The van der Waals surface area contributed by atoms with Crippen LogP contribution in [0.4, 0.5) is 5.69 Å². The van der Waals surface area contributed by atoms with Gasteiger partial charge in [0.1, 0.15) is 11.5 Å². The number of benzene rings is 1. The van der Waals surface area contributed by atoms with Crippen LogP contribution in [-0.2, 0) is 17.7 Å². The molecule has 25 heavy (non-hydrogen) atoms. The molecule has 0 spiro atoms. The number of carbonyl (C=O) groups is 1. The summed E-state index contributed by atoms with van der Waals surface area (Å²) in [4.78, 5) is 14.0. The number of aryl methyl sites for hydroxylation is 1. The van der Waals surface area contributed by atoms with E-state index < -0.39 is 0 Å². The van der Waals surface area contributed by atoms with Gasteiger partial charge in [0.2, 0.25) is 0 Å². The first kappa shape index (κ1) is 15.5. The molecular weight excluding hydrogens is 318 g/mol. The molecule has 0 atom stereocenters. The molecule has 0 saturated carbocycles. The highest BCUT2D eigenvalue weighted by Gasteiger charge is 2.23. The lowest BCUT2D eigenvalue weighted by atomic mass is 10.1. The zero-order valence-electron chi connectivity index (χ0n) is 14.2. The van der Waals surface area contributed by atoms with Crippen molar-refractivity contribution < 1.29 is 13.9 Å². The molecule has 1 aliphatic rings. The van der Waals surface area contributed by atoms with E-state index in [1.54, 1.807) is 0 Å². The molecule has 1 aliphatic heterocycles. The van der Waals surface area contributed by atoms with Crippen molar-refractivity contribution in [2.45, 2.75) is 19.9 Å². The number of H-pyrrole nitrogens is 1. The van der Waals surface area contributed by atoms with Crippen LogP contribution >= 0.6 is 0 Å². The number of nitrogens with one attached hydrogen (secondary N) is 1. The summed E-state index contributed by atoms with van der Waals surface area (Å²) in [6.45, 7) is 3.56. The minimum absolute atomic E-state index is 0.299. The molecule has 1 aromatic carbocycles. The van der Waals surface area contributed by atoms with Crippen molar-refractivity contribution in [2.24, 2.45) is 0 Å². The molecule has 0 fully saturated rings. The number of methoxy groups -OCH3 is 1. The molecule has 128 valence electrons. The zero-order chi connectivity index (χ0) is 17.4. The number of fused-ring (bicyclic) bond motifs is 1. The van der Waals surface area contributed by atoms with Gasteiger partial charge in [-0.3, -0.25) is 5.10 Å². The molecule has 6 heteroatoms. The summed E-state index contributed by atoms with van der Waals surface area (Å²) in [5.74, 6) is 1.37. The van der Waals surface area contributed by atoms with Crippen molar-refractivity contribution in [3.05, 3.63) is 59.0 Å². The fourth-order valence-electron chi connectivity index (χ4n) is 3.30. The number of aromatic amines is 1. The van der Waals surface area contributed by atoms with E-state index in [2.05, 4.69) is 15.1 Å². The van der Waals surface area contributed by atoms with Crippen LogP contribution in [0.25, 0.3) is 11.5 Å². The largest absolute Gasteiger partial charge is 0.465 e. The van der Waals surface area contributed by atoms with Crippen molar-refractivity contribution in [3.63, 3.8) is 0 Å². The third kappa shape index (κ3) is 2.80. The Balaban J connectivity index is 1.59. The molecule has 3 aromatic rings. The van der Waals surface area contributed by atoms with Crippen molar-refractivity contribution in [3.8, 4) is 11.5 Å². The first-order chi connectivity index (χ1) is 12.2. The smallest absolute Gasteiger partial charge is 0.337 e. The maximum Gasteiger partial charge on any atom is 0.337 e. The minimum Gasteiger partial charge on any atom is -0.465 e. The van der Waals surface area contributed by atoms with Gasteiger partial charge in [-0.05, 0) is 49.2 Å². The molecular formula is C19H19N3O3. The molecule has 0 bridgehead atoms. The van der Waals surface area contributed by atoms with E-state index in [-0.39, 0.29) is 5.97 Å². The van der Waals surface area contributed by atoms with Crippen LogP contribution in [0.1, 0.15) is 27.2 Å². The van der Waals surface area contributed by atoms with Crippen LogP contribution in [0.3, 0.4) is 0 Å². The quantitative estimate of drug-likeness (QED) is 0.740. The Labute approximate surface area is 145 Å². The van der Waals surface area contributed by atoms with Gasteiger partial charge in [0.05, 0.1) is 18.9 Å². The zero-order valence-corrected chi connectivity index (χ0v) is 14.2. The number of esters is 1. The lowest BCUT2D eigenvalue weighted by Gasteiger charge is -2.19. The summed E-state index contributed by atoms with van der Waals surface area (Å²) in [5.41, 5.74) is 4.90. The lowest BCUT2D eigenvalue weighted by Crippen LogP contribution is -2.19. The number of carbonyl (C=O) groups excluding carboxylic acids is 1. The van der Waals surface area contributed by atoms with E-state index in [0.717, 1.165) is 48.0 Å². The summed E-state index contributed by atoms with van der Waals surface area (Å²) in [5, 5.41) is 7.21. The summed E-state index contributed by atoms with van der Waals surface area (Å²) in [6.07, 6.45) is 2.75. The highest BCUT2D eigenvalue weighted by Crippen LogP contribution is 2.32. The third-order valence-electron chi connectivity index (χ3n) is 4.56. The van der Waals surface area contributed by atoms with Gasteiger partial charge >= 0.3 is 5.97 Å². The standard InChI is InChI=1S/C19H19N3O3/c1-12-3-6-17(25-12)18-15(10-20-21-18)11-22-8-7-13-9-14(19(23)24-2)4-5-16(13)22/h3-6,9-10H,7-8,11H2,1-2H3,(H,20,21). The van der Waals surface area contributed by atoms with E-state index in [1.807, 2.05) is 43.5 Å². The van der Waals surface area contributed by atoms with Gasteiger partial charge in [-0.15, -0.1) is 0 Å². The molecule has 3 heterocycles. The Bertz CT molecular complexity index is 926. The summed E-state index contributed by atoms with van der Waals surface area (Å²) >= 11 is 0. The molecule has 4 rings (SSSR count). The van der Waals surface area contributed by atoms with E-state index in [1.165, 1.54) is 12.7 Å². The van der Waals surface area contributed by atoms with Crippen LogP contribution in [0.2, 0.25) is 0 Å². The molecule has 0 unspecified atom stereocenters. The van der Waals surface area contributed by atoms with Crippen LogP contribution < -0.4 is 4.90 Å². The van der Waals surface area contributed by atoms with Crippen LogP contribution in [0.15, 0.2) is 40.9 Å². The third-order valence-corrected chi connectivity index (χ3v) is 4.56. The second-order valence-electron chi connectivity index (χ2n) is 6.19. The summed E-state index contributed by atoms with van der Waals surface area (Å²) in [6, 6.07) is 9.63. The number of aromatic nitrogens is 2. The van der Waals surface area contributed by atoms with Gasteiger partial charge < -0.3 is 14.1 Å². The Hall–Kier alpha value is -3.02. The highest BCUT2D eigenvalue weighted by molar-refractivity contribution is 5.90. The Kier molecular flexibility index (Phi) is 3.80. The number of rotatable bonds is 4. The summed E-state index contributed by atoms with van der Waals surface area (Å²) in [7, 11) is 1.40. The topological polar surface area (TPSA) is 71.4 Å². The first-order valence-electron chi connectivity index (χ1n) is 8.21. The van der Waals surface area contributed by atoms with Gasteiger partial charge in [0, 0.05) is 24.3 Å². The van der Waals surface area contributed by atoms with Crippen LogP contribution in [-0.4, -0.2) is 29.8 Å². The van der Waals surface area contributed by atoms with Gasteiger partial charge in [-0.1, -0.05) is 0 Å². The first-order valence-corrected chi connectivity index (χ1v) is 8.21. The van der Waals surface area contributed by atoms with Gasteiger partial charge in [0.15, 0.2) is 5.76 Å². The van der Waals surface area contributed by atoms with Gasteiger partial charge in [0.25, 0.3) is 0 Å². The Morgan fingerprint density at radius 2 is 2.24 bits per heavy atom. The fourth-order valence-corrected chi connectivity index (χ4v) is 3.30. The molecule has 6 nitrogen and oxygen atoms in total. The normalized spacial score (nSPS) is 13.1. The van der Waals surface area contributed by atoms with Crippen molar-refractivity contribution >= 4 is 11.7 Å². The summed E-state index contributed by atoms with van der Waals surface area (Å²) < 4.78 is 10.5. The predicted molar refractivity (Wildman–Crippen MR) is 93.6 cm³/mol. The predicted octanol–water partition coefficient (Wildman–Crippen LogP) is 3.33. The number of hydrogen-bond donors (Lipinski definition) is 1. The monoisotopic (exact) mass is 337 g/mol. The molecule has 0 radical (unpaired) electrons. The van der Waals surface area contributed by atoms with Crippen molar-refractivity contribution in [2.75, 3.05) is 18.6 Å². The molecule has 0 aliphatic carbocycles. The highest BCUT2D eigenvalue weighted by atomic mass is 16.5. The number of hydrogen-bond acceptors (Lipinski definition) is 5. The minimum atomic E-state index is -0.299. The van der Waals surface area contributed by atoms with E-state index in [4.69, 9.17) is 9.15 Å². The maximum absolute atomic E-state index is 11.7. The molecule has 1 N–H and O–H groups in total. The molecule has 0 amide bonds. The maximum atomic E-state index is 11.7. The molecule has 2 aromatic heterocycles. The van der Waals surface area contributed by atoms with E-state index in [9.17, 15) is 4.79 Å². The number of nitrogens with zero attached hydrogens (tertiary/aromatic N) is 2. The van der Waals surface area contributed by atoms with E-state index >= 15 is 0 Å². The van der Waals surface area contributed by atoms with E-state index in [0.29, 0.717) is 5.56 Å². The SMILES string of the molecule is COC(=O)c1ccc2c(c1)CCN2Cc1cn[nH]c1-c1ccc(C)o1. The van der Waals surface area contributed by atoms with Crippen LogP contribution in [0.5, 0.6) is 0 Å². The van der Waals surface area contributed by atoms with Gasteiger partial charge in [-0.25, -0.2) is 4.79 Å². The fraction of sp³-hybridized carbons (Fsp3) is 0.263. The Morgan fingerprint density at radius 1 is 1.36 bits per heavy atom. The number of ether oxygens (including phenoxy) is 1. The second-order valence-corrected chi connectivity index (χ2v) is 6.19. The van der Waals surface area contributed by atoms with Crippen molar-refractivity contribution in [1.29, 1.82) is 0 Å². The van der Waals surface area contributed by atoms with Crippen molar-refractivity contribution in [1.82, 2.24) is 10.2 Å². The number of furan rings is 1. The Morgan fingerprint density at radius 3 is 3.00 bits per heavy atom. The lowest BCUT2D eigenvalue weighted by molar-refractivity contribution is 0.0600. The van der Waals surface area contributed by atoms with Crippen LogP contribution in [0, 0.1) is 6.92 Å². The molecule has 0 saturated heterocycles. The van der Waals surface area contributed by atoms with Gasteiger partial charge in [-0.2, -0.15) is 5.10 Å². The average molecular weight is 337 g/mol. The average Bonchev–Trinajstić information content (AvgIpc) is 3.34. The number of anilines is 1. The second kappa shape index (κ2) is 6.12.